The Morgan fingerprint density at radius 1 is 1.67 bits per heavy atom. The van der Waals surface area contributed by atoms with Gasteiger partial charge in [0.25, 0.3) is 0 Å². The van der Waals surface area contributed by atoms with Crippen molar-refractivity contribution in [3.63, 3.8) is 0 Å². The summed E-state index contributed by atoms with van der Waals surface area (Å²) in [5.74, 6) is 0.155. The first-order valence-electron chi connectivity index (χ1n) is 5.94. The number of halogens is 1. The van der Waals surface area contributed by atoms with Crippen LogP contribution in [0.1, 0.15) is 11.3 Å². The Kier molecular flexibility index (Phi) is 5.17. The van der Waals surface area contributed by atoms with Crippen molar-refractivity contribution in [2.24, 2.45) is 0 Å². The molecule has 1 amide bonds. The molecule has 1 unspecified atom stereocenters. The van der Waals surface area contributed by atoms with Gasteiger partial charge >= 0.3 is 0 Å². The maximum atomic E-state index is 12.0. The van der Waals surface area contributed by atoms with Crippen molar-refractivity contribution < 1.29 is 9.53 Å². The number of nitrogens with one attached hydrogen (secondary N) is 1. The lowest BCUT2D eigenvalue weighted by Crippen LogP contribution is -2.44. The Morgan fingerprint density at radius 2 is 2.50 bits per heavy atom. The number of morpholine rings is 1. The topological polar surface area (TPSA) is 41.6 Å². The maximum absolute atomic E-state index is 12.0. The molecule has 1 fully saturated rings. The second-order valence-electron chi connectivity index (χ2n) is 4.39. The number of carbonyl (C=O) groups is 1. The Morgan fingerprint density at radius 3 is 3.11 bits per heavy atom. The summed E-state index contributed by atoms with van der Waals surface area (Å²) >= 11 is 5.09. The van der Waals surface area contributed by atoms with Gasteiger partial charge in [-0.25, -0.2) is 0 Å². The summed E-state index contributed by atoms with van der Waals surface area (Å²) in [4.78, 5) is 15.0. The van der Waals surface area contributed by atoms with E-state index < -0.39 is 0 Å². The fraction of sp³-hybridized carbons (Fsp3) is 0.583. The van der Waals surface area contributed by atoms with Crippen molar-refractivity contribution in [2.45, 2.75) is 19.0 Å². The van der Waals surface area contributed by atoms with E-state index >= 15 is 0 Å². The highest BCUT2D eigenvalue weighted by Crippen LogP contribution is 2.23. The van der Waals surface area contributed by atoms with Gasteiger partial charge in [-0.1, -0.05) is 0 Å². The van der Waals surface area contributed by atoms with Gasteiger partial charge < -0.3 is 15.0 Å². The Balaban J connectivity index is 1.80. The summed E-state index contributed by atoms with van der Waals surface area (Å²) in [5.41, 5.74) is 0. The van der Waals surface area contributed by atoms with E-state index in [-0.39, 0.29) is 11.9 Å². The first kappa shape index (κ1) is 14.0. The molecule has 0 aromatic carbocycles. The lowest BCUT2D eigenvalue weighted by atomic mass is 10.2. The summed E-state index contributed by atoms with van der Waals surface area (Å²) in [6, 6.07) is 4.21. The number of thiophene rings is 1. The lowest BCUT2D eigenvalue weighted by molar-refractivity contribution is -0.131. The summed E-state index contributed by atoms with van der Waals surface area (Å²) in [5, 5.41) is 3.30. The van der Waals surface area contributed by atoms with Crippen LogP contribution in [0.15, 0.2) is 15.9 Å². The van der Waals surface area contributed by atoms with Crippen molar-refractivity contribution in [3.05, 3.63) is 20.8 Å². The van der Waals surface area contributed by atoms with Gasteiger partial charge in [0.05, 0.1) is 23.5 Å². The molecule has 1 atom stereocenters. The molecule has 4 nitrogen and oxygen atoms in total. The van der Waals surface area contributed by atoms with E-state index in [0.717, 1.165) is 16.9 Å². The predicted octanol–water partition coefficient (Wildman–Crippen LogP) is 1.85. The predicted molar refractivity (Wildman–Crippen MR) is 75.7 cm³/mol. The van der Waals surface area contributed by atoms with Crippen LogP contribution < -0.4 is 5.32 Å². The van der Waals surface area contributed by atoms with Gasteiger partial charge in [0.1, 0.15) is 0 Å². The highest BCUT2D eigenvalue weighted by Gasteiger charge is 2.19. The first-order valence-corrected chi connectivity index (χ1v) is 7.55. The molecule has 6 heteroatoms. The summed E-state index contributed by atoms with van der Waals surface area (Å²) < 4.78 is 6.44. The molecular weight excluding hydrogens is 316 g/mol. The van der Waals surface area contributed by atoms with E-state index in [0.29, 0.717) is 19.6 Å². The van der Waals surface area contributed by atoms with E-state index in [1.54, 1.807) is 16.2 Å². The molecule has 18 heavy (non-hydrogen) atoms. The largest absolute Gasteiger partial charge is 0.378 e. The third kappa shape index (κ3) is 4.05. The number of amides is 1. The van der Waals surface area contributed by atoms with Gasteiger partial charge in [-0.05, 0) is 28.1 Å². The minimum atomic E-state index is 0.155. The van der Waals surface area contributed by atoms with Gasteiger partial charge in [0.2, 0.25) is 5.91 Å². The second kappa shape index (κ2) is 6.65. The van der Waals surface area contributed by atoms with E-state index in [9.17, 15) is 4.79 Å². The number of nitrogens with zero attached hydrogens (tertiary/aromatic N) is 1. The van der Waals surface area contributed by atoms with E-state index in [4.69, 9.17) is 4.74 Å². The first-order chi connectivity index (χ1) is 8.65. The molecule has 1 aromatic rings. The third-order valence-corrected chi connectivity index (χ3v) is 4.48. The van der Waals surface area contributed by atoms with Crippen molar-refractivity contribution >= 4 is 33.2 Å². The molecule has 0 aliphatic carbocycles. The smallest absolute Gasteiger partial charge is 0.224 e. The number of rotatable bonds is 4. The number of hydrogen-bond donors (Lipinski definition) is 1. The molecule has 1 aromatic heterocycles. The Hall–Kier alpha value is -0.430. The molecule has 1 saturated heterocycles. The van der Waals surface area contributed by atoms with Crippen LogP contribution in [0.25, 0.3) is 0 Å². The van der Waals surface area contributed by atoms with E-state index in [1.165, 1.54) is 4.88 Å². The zero-order valence-corrected chi connectivity index (χ0v) is 12.7. The van der Waals surface area contributed by atoms with Crippen LogP contribution in [0.2, 0.25) is 0 Å². The summed E-state index contributed by atoms with van der Waals surface area (Å²) in [6.07, 6.45) is 0.503. The van der Waals surface area contributed by atoms with Crippen molar-refractivity contribution in [3.8, 4) is 0 Å². The van der Waals surface area contributed by atoms with Gasteiger partial charge in [0, 0.05) is 30.9 Å². The highest BCUT2D eigenvalue weighted by atomic mass is 79.9. The molecule has 2 rings (SSSR count). The third-order valence-electron chi connectivity index (χ3n) is 2.87. The van der Waals surface area contributed by atoms with Crippen LogP contribution in [0.5, 0.6) is 0 Å². The molecule has 100 valence electrons. The molecular formula is C12H17BrN2O2S. The van der Waals surface area contributed by atoms with E-state index in [1.807, 2.05) is 19.2 Å². The van der Waals surface area contributed by atoms with Crippen LogP contribution in [0.3, 0.4) is 0 Å². The van der Waals surface area contributed by atoms with E-state index in [2.05, 4.69) is 21.2 Å². The molecule has 1 N–H and O–H groups in total. The summed E-state index contributed by atoms with van der Waals surface area (Å²) in [6.45, 7) is 2.87. The number of ether oxygens (including phenoxy) is 1. The van der Waals surface area contributed by atoms with Crippen LogP contribution in [-0.4, -0.2) is 43.7 Å². The monoisotopic (exact) mass is 332 g/mol. The SMILES string of the molecule is CN(Cc1ccc(Br)s1)C(=O)CC1COCCN1. The quantitative estimate of drug-likeness (QED) is 0.914. The molecule has 1 aliphatic rings. The highest BCUT2D eigenvalue weighted by molar-refractivity contribution is 9.11. The molecule has 2 heterocycles. The van der Waals surface area contributed by atoms with Gasteiger partial charge in [-0.2, -0.15) is 0 Å². The fourth-order valence-corrected chi connectivity index (χ4v) is 3.41. The normalized spacial score (nSPS) is 19.8. The van der Waals surface area contributed by atoms with Gasteiger partial charge in [0.15, 0.2) is 0 Å². The molecule has 0 saturated carbocycles. The molecule has 1 aliphatic heterocycles. The van der Waals surface area contributed by atoms with Gasteiger partial charge in [-0.15, -0.1) is 11.3 Å². The minimum Gasteiger partial charge on any atom is -0.378 e. The minimum absolute atomic E-state index is 0.155. The zero-order chi connectivity index (χ0) is 13.0. The number of carbonyl (C=O) groups excluding carboxylic acids is 1. The molecule has 0 spiro atoms. The van der Waals surface area contributed by atoms with Crippen LogP contribution >= 0.6 is 27.3 Å². The number of hydrogen-bond acceptors (Lipinski definition) is 4. The molecule has 0 radical (unpaired) electrons. The summed E-state index contributed by atoms with van der Waals surface area (Å²) in [7, 11) is 1.85. The lowest BCUT2D eigenvalue weighted by Gasteiger charge is -2.25. The standard InChI is InChI=1S/C12H17BrN2O2S/c1-15(7-10-2-3-11(13)18-10)12(16)6-9-8-17-5-4-14-9/h2-3,9,14H,4-8H2,1H3. The van der Waals surface area contributed by atoms with Crippen LogP contribution in [0, 0.1) is 0 Å². The van der Waals surface area contributed by atoms with Gasteiger partial charge in [-0.3, -0.25) is 4.79 Å². The second-order valence-corrected chi connectivity index (χ2v) is 6.93. The Bertz CT molecular complexity index is 405. The Labute approximate surface area is 119 Å². The average Bonchev–Trinajstić information content (AvgIpc) is 2.76. The van der Waals surface area contributed by atoms with Crippen molar-refractivity contribution in [2.75, 3.05) is 26.8 Å². The maximum Gasteiger partial charge on any atom is 0.224 e. The zero-order valence-electron chi connectivity index (χ0n) is 10.3. The average molecular weight is 333 g/mol. The van der Waals surface area contributed by atoms with Crippen molar-refractivity contribution in [1.82, 2.24) is 10.2 Å². The molecule has 0 bridgehead atoms. The fourth-order valence-electron chi connectivity index (χ4n) is 1.88. The van der Waals surface area contributed by atoms with Crippen LogP contribution in [0.4, 0.5) is 0 Å². The van der Waals surface area contributed by atoms with Crippen molar-refractivity contribution in [1.29, 1.82) is 0 Å². The van der Waals surface area contributed by atoms with Crippen LogP contribution in [-0.2, 0) is 16.1 Å².